The molecule has 5 nitrogen and oxygen atoms in total. The van der Waals surface area contributed by atoms with Gasteiger partial charge in [0.2, 0.25) is 5.91 Å². The van der Waals surface area contributed by atoms with E-state index in [9.17, 15) is 14.4 Å². The van der Waals surface area contributed by atoms with Crippen molar-refractivity contribution in [2.24, 2.45) is 0 Å². The van der Waals surface area contributed by atoms with E-state index in [0.717, 1.165) is 31.8 Å². The van der Waals surface area contributed by atoms with Crippen LogP contribution in [0.3, 0.4) is 0 Å². The Hall–Kier alpha value is -1.65. The summed E-state index contributed by atoms with van der Waals surface area (Å²) >= 11 is 0. The normalized spacial score (nSPS) is 10.9. The third-order valence-corrected chi connectivity index (χ3v) is 3.11. The Kier molecular flexibility index (Phi) is 8.52. The average molecular weight is 283 g/mol. The zero-order chi connectivity index (χ0) is 15.6. The number of carboxylic acid groups (broad SMARTS) is 1. The van der Waals surface area contributed by atoms with Gasteiger partial charge in [0.05, 0.1) is 5.54 Å². The molecule has 0 bridgehead atoms. The molecule has 5 heteroatoms. The van der Waals surface area contributed by atoms with Crippen molar-refractivity contribution in [3.63, 3.8) is 0 Å². The number of amides is 1. The highest BCUT2D eigenvalue weighted by atomic mass is 16.4. The van der Waals surface area contributed by atoms with Gasteiger partial charge in [-0.05, 0) is 32.8 Å². The molecule has 0 aliphatic rings. The smallest absolute Gasteiger partial charge is 0.303 e. The van der Waals surface area contributed by atoms with Gasteiger partial charge in [-0.2, -0.15) is 0 Å². The first-order valence-electron chi connectivity index (χ1n) is 6.99. The lowest BCUT2D eigenvalue weighted by Gasteiger charge is -2.24. The Morgan fingerprint density at radius 2 is 1.55 bits per heavy atom. The SMILES string of the molecule is C=CC(=O)NC(C)(C)C(=O)CCCCCCCC(=O)O. The largest absolute Gasteiger partial charge is 0.481 e. The summed E-state index contributed by atoms with van der Waals surface area (Å²) in [6, 6.07) is 0. The van der Waals surface area contributed by atoms with Crippen molar-refractivity contribution < 1.29 is 19.5 Å². The van der Waals surface area contributed by atoms with Crippen molar-refractivity contribution in [3.05, 3.63) is 12.7 Å². The van der Waals surface area contributed by atoms with Crippen LogP contribution in [0.1, 0.15) is 58.8 Å². The van der Waals surface area contributed by atoms with Gasteiger partial charge < -0.3 is 10.4 Å². The summed E-state index contributed by atoms with van der Waals surface area (Å²) in [6.07, 6.45) is 5.93. The highest BCUT2D eigenvalue weighted by Gasteiger charge is 2.27. The predicted octanol–water partition coefficient (Wildman–Crippen LogP) is 2.45. The van der Waals surface area contributed by atoms with Crippen molar-refractivity contribution in [2.45, 2.75) is 64.3 Å². The molecule has 2 N–H and O–H groups in total. The van der Waals surface area contributed by atoms with E-state index in [0.29, 0.717) is 12.8 Å². The number of unbranched alkanes of at least 4 members (excludes halogenated alkanes) is 4. The van der Waals surface area contributed by atoms with Crippen LogP contribution < -0.4 is 5.32 Å². The first-order valence-corrected chi connectivity index (χ1v) is 6.99. The van der Waals surface area contributed by atoms with Gasteiger partial charge in [-0.25, -0.2) is 0 Å². The molecular weight excluding hydrogens is 258 g/mol. The number of hydrogen-bond donors (Lipinski definition) is 2. The molecule has 0 aromatic carbocycles. The third kappa shape index (κ3) is 8.45. The molecule has 0 atom stereocenters. The summed E-state index contributed by atoms with van der Waals surface area (Å²) in [5.74, 6) is -1.12. The summed E-state index contributed by atoms with van der Waals surface area (Å²) in [7, 11) is 0. The fourth-order valence-electron chi connectivity index (χ4n) is 1.83. The van der Waals surface area contributed by atoms with Crippen LogP contribution in [-0.4, -0.2) is 28.3 Å². The lowest BCUT2D eigenvalue weighted by Crippen LogP contribution is -2.49. The Morgan fingerprint density at radius 1 is 1.05 bits per heavy atom. The number of aliphatic carboxylic acids is 1. The van der Waals surface area contributed by atoms with Gasteiger partial charge >= 0.3 is 5.97 Å². The van der Waals surface area contributed by atoms with Crippen LogP contribution in [0.25, 0.3) is 0 Å². The number of ketones is 1. The first kappa shape index (κ1) is 18.4. The minimum absolute atomic E-state index is 0.00163. The Morgan fingerprint density at radius 3 is 2.05 bits per heavy atom. The molecule has 0 unspecified atom stereocenters. The van der Waals surface area contributed by atoms with Crippen molar-refractivity contribution in [2.75, 3.05) is 0 Å². The van der Waals surface area contributed by atoms with E-state index >= 15 is 0 Å². The Bertz CT molecular complexity index is 361. The van der Waals surface area contributed by atoms with Crippen LogP contribution in [-0.2, 0) is 14.4 Å². The molecule has 0 spiro atoms. The Balaban J connectivity index is 3.79. The second kappa shape index (κ2) is 9.28. The number of nitrogens with one attached hydrogen (secondary N) is 1. The highest BCUT2D eigenvalue weighted by molar-refractivity contribution is 5.95. The van der Waals surface area contributed by atoms with Gasteiger partial charge in [0, 0.05) is 12.8 Å². The number of carboxylic acids is 1. The topological polar surface area (TPSA) is 83.5 Å². The number of hydrogen-bond acceptors (Lipinski definition) is 3. The fraction of sp³-hybridized carbons (Fsp3) is 0.667. The van der Waals surface area contributed by atoms with Crippen molar-refractivity contribution >= 4 is 17.7 Å². The number of carbonyl (C=O) groups is 3. The third-order valence-electron chi connectivity index (χ3n) is 3.11. The second-order valence-corrected chi connectivity index (χ2v) is 5.40. The zero-order valence-corrected chi connectivity index (χ0v) is 12.4. The van der Waals surface area contributed by atoms with Gasteiger partial charge in [-0.1, -0.05) is 25.8 Å². The molecule has 0 aliphatic carbocycles. The summed E-state index contributed by atoms with van der Waals surface area (Å²) in [5.41, 5.74) is -0.866. The summed E-state index contributed by atoms with van der Waals surface area (Å²) in [5, 5.41) is 11.1. The average Bonchev–Trinajstić information content (AvgIpc) is 2.36. The van der Waals surface area contributed by atoms with E-state index in [1.807, 2.05) is 0 Å². The van der Waals surface area contributed by atoms with E-state index in [-0.39, 0.29) is 18.1 Å². The van der Waals surface area contributed by atoms with Crippen LogP contribution >= 0.6 is 0 Å². The molecule has 0 saturated carbocycles. The van der Waals surface area contributed by atoms with Crippen LogP contribution in [0.4, 0.5) is 0 Å². The van der Waals surface area contributed by atoms with Crippen LogP contribution in [0.2, 0.25) is 0 Å². The van der Waals surface area contributed by atoms with Crippen molar-refractivity contribution in [3.8, 4) is 0 Å². The van der Waals surface area contributed by atoms with E-state index in [1.54, 1.807) is 13.8 Å². The fourth-order valence-corrected chi connectivity index (χ4v) is 1.83. The van der Waals surface area contributed by atoms with Gasteiger partial charge in [0.15, 0.2) is 5.78 Å². The molecule has 114 valence electrons. The van der Waals surface area contributed by atoms with E-state index in [2.05, 4.69) is 11.9 Å². The summed E-state index contributed by atoms with van der Waals surface area (Å²) in [6.45, 7) is 6.72. The molecule has 0 aromatic heterocycles. The Labute approximate surface area is 120 Å². The van der Waals surface area contributed by atoms with Crippen LogP contribution in [0.15, 0.2) is 12.7 Å². The van der Waals surface area contributed by atoms with Gasteiger partial charge in [0.1, 0.15) is 0 Å². The monoisotopic (exact) mass is 283 g/mol. The number of carbonyl (C=O) groups excluding carboxylic acids is 2. The standard InChI is InChI=1S/C15H25NO4/c1-4-13(18)16-15(2,3)12(17)10-8-6-5-7-9-11-14(19)20/h4H,1,5-11H2,2-3H3,(H,16,18)(H,19,20). The van der Waals surface area contributed by atoms with Gasteiger partial charge in [-0.15, -0.1) is 0 Å². The minimum Gasteiger partial charge on any atom is -0.481 e. The zero-order valence-electron chi connectivity index (χ0n) is 12.4. The molecule has 0 aromatic rings. The van der Waals surface area contributed by atoms with Gasteiger partial charge in [-0.3, -0.25) is 14.4 Å². The molecular formula is C15H25NO4. The molecule has 1 amide bonds. The number of rotatable bonds is 11. The second-order valence-electron chi connectivity index (χ2n) is 5.40. The van der Waals surface area contributed by atoms with Gasteiger partial charge in [0.25, 0.3) is 0 Å². The lowest BCUT2D eigenvalue weighted by molar-refractivity contribution is -0.137. The predicted molar refractivity (Wildman–Crippen MR) is 77.4 cm³/mol. The maximum Gasteiger partial charge on any atom is 0.303 e. The molecule has 0 aliphatic heterocycles. The molecule has 0 heterocycles. The highest BCUT2D eigenvalue weighted by Crippen LogP contribution is 2.12. The molecule has 20 heavy (non-hydrogen) atoms. The molecule has 0 saturated heterocycles. The minimum atomic E-state index is -0.866. The molecule has 0 rings (SSSR count). The maximum absolute atomic E-state index is 12.0. The maximum atomic E-state index is 12.0. The quantitative estimate of drug-likeness (QED) is 0.450. The van der Waals surface area contributed by atoms with E-state index in [4.69, 9.17) is 5.11 Å². The summed E-state index contributed by atoms with van der Waals surface area (Å²) in [4.78, 5) is 33.5. The molecule has 0 radical (unpaired) electrons. The summed E-state index contributed by atoms with van der Waals surface area (Å²) < 4.78 is 0. The first-order chi connectivity index (χ1) is 9.29. The van der Waals surface area contributed by atoms with Crippen molar-refractivity contribution in [1.82, 2.24) is 5.32 Å². The van der Waals surface area contributed by atoms with Crippen LogP contribution in [0.5, 0.6) is 0 Å². The van der Waals surface area contributed by atoms with Crippen molar-refractivity contribution in [1.29, 1.82) is 0 Å². The lowest BCUT2D eigenvalue weighted by atomic mass is 9.94. The number of Topliss-reactive ketones (excluding diaryl/α,β-unsaturated/α-hetero) is 1. The van der Waals surface area contributed by atoms with E-state index < -0.39 is 11.5 Å². The van der Waals surface area contributed by atoms with E-state index in [1.165, 1.54) is 0 Å². The molecule has 0 fully saturated rings. The van der Waals surface area contributed by atoms with Crippen LogP contribution in [0, 0.1) is 0 Å².